The fourth-order valence-corrected chi connectivity index (χ4v) is 7.92. The maximum Gasteiger partial charge on any atom is 0.407 e. The second kappa shape index (κ2) is 16.3. The number of imidazole rings is 2. The van der Waals surface area contributed by atoms with Crippen molar-refractivity contribution < 1.29 is 19.2 Å². The number of benzene rings is 2. The van der Waals surface area contributed by atoms with Crippen LogP contribution >= 0.6 is 0 Å². The fourth-order valence-electron chi connectivity index (χ4n) is 7.92. The number of ether oxygens (including phenoxy) is 1. The number of methoxy groups -OCH3 is 1. The average molecular weight is 749 g/mol. The highest BCUT2D eigenvalue weighted by Crippen LogP contribution is 2.36. The molecule has 4 aromatic heterocycles. The van der Waals surface area contributed by atoms with E-state index in [4.69, 9.17) is 35.2 Å². The number of aromatic amines is 2. The highest BCUT2D eigenvalue weighted by Gasteiger charge is 2.37. The van der Waals surface area contributed by atoms with Gasteiger partial charge in [-0.3, -0.25) is 9.78 Å². The fraction of sp³-hybridized carbons (Fsp3) is 0.463. The zero-order valence-electron chi connectivity index (χ0n) is 32.5. The van der Waals surface area contributed by atoms with Crippen LogP contribution in [0.25, 0.3) is 55.0 Å². The number of rotatable bonds is 14. The number of hydroxylamine groups is 1. The van der Waals surface area contributed by atoms with Crippen molar-refractivity contribution in [1.29, 1.82) is 0 Å². The van der Waals surface area contributed by atoms with E-state index in [0.717, 1.165) is 93.1 Å². The Morgan fingerprint density at radius 1 is 0.964 bits per heavy atom. The Kier molecular flexibility index (Phi) is 11.3. The number of nitrogens with one attached hydrogen (secondary N) is 4. The molecule has 5 heterocycles. The normalized spacial score (nSPS) is 16.5. The highest BCUT2D eigenvalue weighted by molar-refractivity contribution is 6.06. The first kappa shape index (κ1) is 38.1. The van der Waals surface area contributed by atoms with Gasteiger partial charge in [0.25, 0.3) is 0 Å². The summed E-state index contributed by atoms with van der Waals surface area (Å²) in [5.41, 5.74) is 14.2. The second-order valence-corrected chi connectivity index (χ2v) is 15.3. The zero-order chi connectivity index (χ0) is 38.8. The van der Waals surface area contributed by atoms with Crippen LogP contribution in [0.4, 0.5) is 4.79 Å². The predicted molar refractivity (Wildman–Crippen MR) is 214 cm³/mol. The number of amides is 2. The molecule has 1 aliphatic heterocycles. The van der Waals surface area contributed by atoms with Crippen molar-refractivity contribution in [3.8, 4) is 11.3 Å². The number of carbonyl (C=O) groups is 2. The van der Waals surface area contributed by atoms with E-state index in [0.29, 0.717) is 24.7 Å². The van der Waals surface area contributed by atoms with E-state index < -0.39 is 12.1 Å². The van der Waals surface area contributed by atoms with Gasteiger partial charge in [0.2, 0.25) is 5.91 Å². The second-order valence-electron chi connectivity index (χ2n) is 15.3. The standard InChI is InChI=1S/C41H52N10O4/c1-22(2)31(50-55-6)18-26(9-7-15-42)37-47-36-29-21-43-32(19-27(29)20-44-39(36)49-37)25-11-13-28-24(17-25)12-14-30-35(28)46-38(45-30)33-10-8-16-51(33)40(52)34(23(3)4)48-41(53)54-5/h11-14,17,19-23,26,31,33-34,50H,7-10,15-16,18,42H2,1-6H3,(H,45,46)(H,48,53)(H,44,47,49)/t26?,31-,33+,34+/m1/s1. The summed E-state index contributed by atoms with van der Waals surface area (Å²) < 4.78 is 4.79. The van der Waals surface area contributed by atoms with Crippen LogP contribution in [0, 0.1) is 11.8 Å². The first-order valence-corrected chi connectivity index (χ1v) is 19.3. The molecule has 0 bridgehead atoms. The topological polar surface area (TPSA) is 189 Å². The Hall–Kier alpha value is -5.18. The Bertz CT molecular complexity index is 2320. The number of carbonyl (C=O) groups excluding carboxylic acids is 2. The van der Waals surface area contributed by atoms with Crippen LogP contribution in [0.5, 0.6) is 0 Å². The number of H-pyrrole nitrogens is 2. The monoisotopic (exact) mass is 748 g/mol. The van der Waals surface area contributed by atoms with Crippen LogP contribution in [0.1, 0.15) is 83.4 Å². The SMILES string of the molecule is CON[C@H](CC(CCCN)c1nc2ncc3cc(-c4ccc5c(ccc6nc([C@@H]7CCCN7C(=O)[C@@H](NC(=O)OC)C(C)C)[nH]c65)c4)ncc3c2[nH]1)C(C)C. The Balaban J connectivity index is 1.16. The molecule has 2 amide bonds. The van der Waals surface area contributed by atoms with Crippen LogP contribution in [0.15, 0.2) is 48.8 Å². The van der Waals surface area contributed by atoms with Crippen molar-refractivity contribution in [1.82, 2.24) is 45.6 Å². The van der Waals surface area contributed by atoms with Crippen molar-refractivity contribution in [3.63, 3.8) is 0 Å². The number of hydrogen-bond donors (Lipinski definition) is 5. The number of alkyl carbamates (subject to hydrolysis) is 1. The molecule has 14 heteroatoms. The lowest BCUT2D eigenvalue weighted by Gasteiger charge is -2.29. The summed E-state index contributed by atoms with van der Waals surface area (Å²) in [6.45, 7) is 9.41. The molecule has 0 radical (unpaired) electrons. The first-order valence-electron chi connectivity index (χ1n) is 19.3. The lowest BCUT2D eigenvalue weighted by atomic mass is 9.89. The van der Waals surface area contributed by atoms with Crippen LogP contribution in [0.3, 0.4) is 0 Å². The Morgan fingerprint density at radius 3 is 2.55 bits per heavy atom. The number of nitrogens with zero attached hydrogens (tertiary/aromatic N) is 5. The lowest BCUT2D eigenvalue weighted by Crippen LogP contribution is -2.51. The minimum Gasteiger partial charge on any atom is -0.453 e. The average Bonchev–Trinajstić information content (AvgIpc) is 3.96. The van der Waals surface area contributed by atoms with Crippen molar-refractivity contribution in [3.05, 3.63) is 60.4 Å². The number of likely N-dealkylation sites (tertiary alicyclic amines) is 1. The molecule has 0 spiro atoms. The number of aromatic nitrogens is 6. The van der Waals surface area contributed by atoms with Gasteiger partial charge in [0, 0.05) is 52.6 Å². The van der Waals surface area contributed by atoms with Gasteiger partial charge in [-0.15, -0.1) is 0 Å². The molecule has 0 saturated carbocycles. The van der Waals surface area contributed by atoms with Crippen LogP contribution in [0.2, 0.25) is 0 Å². The van der Waals surface area contributed by atoms with Crippen molar-refractivity contribution in [2.45, 2.75) is 83.8 Å². The minimum absolute atomic E-state index is 0.106. The van der Waals surface area contributed by atoms with E-state index in [1.807, 2.05) is 37.2 Å². The van der Waals surface area contributed by atoms with Crippen molar-refractivity contribution >= 4 is 55.7 Å². The van der Waals surface area contributed by atoms with Crippen LogP contribution in [-0.2, 0) is 14.4 Å². The van der Waals surface area contributed by atoms with Crippen LogP contribution < -0.4 is 16.5 Å². The highest BCUT2D eigenvalue weighted by atomic mass is 16.6. The van der Waals surface area contributed by atoms with Gasteiger partial charge in [-0.25, -0.2) is 19.7 Å². The Morgan fingerprint density at radius 2 is 1.80 bits per heavy atom. The van der Waals surface area contributed by atoms with E-state index in [1.54, 1.807) is 7.11 Å². The minimum atomic E-state index is -0.690. The summed E-state index contributed by atoms with van der Waals surface area (Å²) in [6.07, 6.45) is 7.45. The van der Waals surface area contributed by atoms with Gasteiger partial charge >= 0.3 is 6.09 Å². The van der Waals surface area contributed by atoms with Gasteiger partial charge in [-0.05, 0) is 74.1 Å². The summed E-state index contributed by atoms with van der Waals surface area (Å²) in [6, 6.07) is 11.7. The van der Waals surface area contributed by atoms with E-state index >= 15 is 0 Å². The summed E-state index contributed by atoms with van der Waals surface area (Å²) in [5.74, 6) is 1.95. The maximum absolute atomic E-state index is 13.7. The third kappa shape index (κ3) is 7.71. The number of pyridine rings is 2. The molecule has 1 unspecified atom stereocenters. The molecular formula is C41H52N10O4. The van der Waals surface area contributed by atoms with E-state index in [2.05, 4.69) is 64.9 Å². The molecule has 1 saturated heterocycles. The van der Waals surface area contributed by atoms with Gasteiger partial charge in [-0.1, -0.05) is 45.9 Å². The number of nitrogens with two attached hydrogens (primary N) is 1. The molecule has 1 aliphatic rings. The molecule has 1 fully saturated rings. The summed E-state index contributed by atoms with van der Waals surface area (Å²) in [5, 5.41) is 6.73. The third-order valence-corrected chi connectivity index (χ3v) is 11.0. The van der Waals surface area contributed by atoms with Gasteiger partial charge < -0.3 is 35.5 Å². The van der Waals surface area contributed by atoms with E-state index in [9.17, 15) is 9.59 Å². The summed E-state index contributed by atoms with van der Waals surface area (Å²) >= 11 is 0. The van der Waals surface area contributed by atoms with Gasteiger partial charge in [0.05, 0.1) is 42.5 Å². The predicted octanol–water partition coefficient (Wildman–Crippen LogP) is 6.63. The molecule has 6 N–H and O–H groups in total. The number of hydrogen-bond acceptors (Lipinski definition) is 10. The quantitative estimate of drug-likeness (QED) is 0.0756. The molecule has 6 aromatic rings. The van der Waals surface area contributed by atoms with E-state index in [-0.39, 0.29) is 29.8 Å². The van der Waals surface area contributed by atoms with E-state index in [1.165, 1.54) is 7.11 Å². The van der Waals surface area contributed by atoms with Crippen molar-refractivity contribution in [2.75, 3.05) is 27.3 Å². The molecule has 14 nitrogen and oxygen atoms in total. The lowest BCUT2D eigenvalue weighted by molar-refractivity contribution is -0.135. The third-order valence-electron chi connectivity index (χ3n) is 11.0. The summed E-state index contributed by atoms with van der Waals surface area (Å²) in [4.78, 5) is 59.6. The van der Waals surface area contributed by atoms with Gasteiger partial charge in [0.1, 0.15) is 17.7 Å². The first-order chi connectivity index (χ1) is 26.6. The molecule has 7 rings (SSSR count). The van der Waals surface area contributed by atoms with Gasteiger partial charge in [-0.2, -0.15) is 5.48 Å². The van der Waals surface area contributed by atoms with Gasteiger partial charge in [0.15, 0.2) is 5.65 Å². The zero-order valence-corrected chi connectivity index (χ0v) is 32.5. The maximum atomic E-state index is 13.7. The van der Waals surface area contributed by atoms with Crippen LogP contribution in [-0.4, -0.2) is 86.2 Å². The molecule has 290 valence electrons. The number of fused-ring (bicyclic) bond motifs is 6. The molecular weight excluding hydrogens is 697 g/mol. The Labute approximate surface area is 320 Å². The molecule has 55 heavy (non-hydrogen) atoms. The molecule has 0 aliphatic carbocycles. The smallest absolute Gasteiger partial charge is 0.407 e. The summed E-state index contributed by atoms with van der Waals surface area (Å²) in [7, 11) is 2.95. The largest absolute Gasteiger partial charge is 0.453 e. The molecule has 2 aromatic carbocycles. The van der Waals surface area contributed by atoms with Crippen molar-refractivity contribution in [2.24, 2.45) is 17.6 Å². The molecule has 4 atom stereocenters.